The topological polar surface area (TPSA) is 56.1 Å². The van der Waals surface area contributed by atoms with Gasteiger partial charge in [0.25, 0.3) is 0 Å². The van der Waals surface area contributed by atoms with Crippen LogP contribution in [0.4, 0.5) is 5.69 Å². The summed E-state index contributed by atoms with van der Waals surface area (Å²) < 4.78 is 7.05. The molecule has 0 radical (unpaired) electrons. The first kappa shape index (κ1) is 15.4. The van der Waals surface area contributed by atoms with Crippen molar-refractivity contribution in [3.8, 4) is 0 Å². The summed E-state index contributed by atoms with van der Waals surface area (Å²) in [5, 5.41) is 3.69. The van der Waals surface area contributed by atoms with Gasteiger partial charge in [0, 0.05) is 6.54 Å². The van der Waals surface area contributed by atoms with Crippen LogP contribution in [0.1, 0.15) is 25.6 Å². The van der Waals surface area contributed by atoms with E-state index in [1.165, 1.54) is 0 Å². The van der Waals surface area contributed by atoms with Gasteiger partial charge in [-0.1, -0.05) is 23.7 Å². The van der Waals surface area contributed by atoms with Crippen LogP contribution < -0.4 is 5.32 Å². The third kappa shape index (κ3) is 3.55. The van der Waals surface area contributed by atoms with Gasteiger partial charge in [-0.2, -0.15) is 0 Å². The Morgan fingerprint density at radius 2 is 2.19 bits per heavy atom. The summed E-state index contributed by atoms with van der Waals surface area (Å²) in [6, 6.07) is 6.63. The highest BCUT2D eigenvalue weighted by molar-refractivity contribution is 6.33. The Morgan fingerprint density at radius 1 is 1.43 bits per heavy atom. The number of ether oxygens (including phenoxy) is 1. The molecule has 0 bridgehead atoms. The molecular formula is C15H18ClN3O2. The highest BCUT2D eigenvalue weighted by Gasteiger charge is 2.25. The van der Waals surface area contributed by atoms with Gasteiger partial charge in [0.1, 0.15) is 0 Å². The van der Waals surface area contributed by atoms with Crippen molar-refractivity contribution in [3.05, 3.63) is 47.5 Å². The highest BCUT2D eigenvalue weighted by atomic mass is 35.5. The SMILES string of the molecule is CCOC(=O)C(Nc1ccccc1Cl)c1cncn1CC. The Hall–Kier alpha value is -2.01. The van der Waals surface area contributed by atoms with Gasteiger partial charge in [-0.25, -0.2) is 9.78 Å². The largest absolute Gasteiger partial charge is 0.464 e. The second-order valence-electron chi connectivity index (χ2n) is 4.41. The van der Waals surface area contributed by atoms with Crippen LogP contribution in [0.3, 0.4) is 0 Å². The Kier molecular flexibility index (Phi) is 5.22. The van der Waals surface area contributed by atoms with Crippen LogP contribution in [0, 0.1) is 0 Å². The third-order valence-corrected chi connectivity index (χ3v) is 3.41. The monoisotopic (exact) mass is 307 g/mol. The summed E-state index contributed by atoms with van der Waals surface area (Å²) in [6.45, 7) is 4.81. The second kappa shape index (κ2) is 7.13. The fourth-order valence-corrected chi connectivity index (χ4v) is 2.24. The van der Waals surface area contributed by atoms with E-state index in [-0.39, 0.29) is 5.97 Å². The smallest absolute Gasteiger partial charge is 0.334 e. The number of aromatic nitrogens is 2. The standard InChI is InChI=1S/C15H18ClN3O2/c1-3-19-10-17-9-13(19)14(15(20)21-4-2)18-12-8-6-5-7-11(12)16/h5-10,14,18H,3-4H2,1-2H3. The number of nitrogens with zero attached hydrogens (tertiary/aromatic N) is 2. The molecule has 6 heteroatoms. The quantitative estimate of drug-likeness (QED) is 0.832. The van der Waals surface area contributed by atoms with E-state index >= 15 is 0 Å². The number of rotatable bonds is 6. The van der Waals surface area contributed by atoms with Gasteiger partial charge >= 0.3 is 5.97 Å². The number of anilines is 1. The van der Waals surface area contributed by atoms with Gasteiger partial charge in [-0.3, -0.25) is 0 Å². The van der Waals surface area contributed by atoms with E-state index in [0.717, 1.165) is 12.2 Å². The van der Waals surface area contributed by atoms with Crippen LogP contribution in [0.15, 0.2) is 36.8 Å². The summed E-state index contributed by atoms with van der Waals surface area (Å²) in [6.07, 6.45) is 3.35. The van der Waals surface area contributed by atoms with Crippen LogP contribution in [-0.2, 0) is 16.1 Å². The maximum absolute atomic E-state index is 12.3. The number of para-hydroxylation sites is 1. The van der Waals surface area contributed by atoms with Crippen molar-refractivity contribution in [1.82, 2.24) is 9.55 Å². The predicted molar refractivity (Wildman–Crippen MR) is 82.3 cm³/mol. The molecule has 1 N–H and O–H groups in total. The average Bonchev–Trinajstić information content (AvgIpc) is 2.94. The first-order valence-corrected chi connectivity index (χ1v) is 7.22. The lowest BCUT2D eigenvalue weighted by molar-refractivity contribution is -0.144. The lowest BCUT2D eigenvalue weighted by Crippen LogP contribution is -2.25. The van der Waals surface area contributed by atoms with E-state index in [2.05, 4.69) is 10.3 Å². The van der Waals surface area contributed by atoms with Gasteiger partial charge in [0.2, 0.25) is 0 Å². The molecule has 2 rings (SSSR count). The maximum Gasteiger partial charge on any atom is 0.334 e. The molecular weight excluding hydrogens is 290 g/mol. The number of nitrogens with one attached hydrogen (secondary N) is 1. The molecule has 1 atom stereocenters. The molecule has 1 heterocycles. The Morgan fingerprint density at radius 3 is 2.86 bits per heavy atom. The van der Waals surface area contributed by atoms with Gasteiger partial charge in [0.05, 0.1) is 35.5 Å². The highest BCUT2D eigenvalue weighted by Crippen LogP contribution is 2.26. The fraction of sp³-hybridized carbons (Fsp3) is 0.333. The first-order chi connectivity index (χ1) is 10.2. The molecule has 0 spiro atoms. The van der Waals surface area contributed by atoms with Gasteiger partial charge in [-0.05, 0) is 26.0 Å². The van der Waals surface area contributed by atoms with Crippen molar-refractivity contribution in [3.63, 3.8) is 0 Å². The Labute approximate surface area is 128 Å². The third-order valence-electron chi connectivity index (χ3n) is 3.08. The van der Waals surface area contributed by atoms with Crippen molar-refractivity contribution < 1.29 is 9.53 Å². The fourth-order valence-electron chi connectivity index (χ4n) is 2.05. The summed E-state index contributed by atoms with van der Waals surface area (Å²) in [5.74, 6) is -0.354. The molecule has 0 aliphatic carbocycles. The minimum atomic E-state index is -0.646. The zero-order valence-corrected chi connectivity index (χ0v) is 12.8. The van der Waals surface area contributed by atoms with Crippen LogP contribution in [0.5, 0.6) is 0 Å². The van der Waals surface area contributed by atoms with Gasteiger partial charge in [-0.15, -0.1) is 0 Å². The van der Waals surface area contributed by atoms with E-state index in [0.29, 0.717) is 17.3 Å². The van der Waals surface area contributed by atoms with Gasteiger partial charge in [0.15, 0.2) is 6.04 Å². The molecule has 2 aromatic rings. The van der Waals surface area contributed by atoms with E-state index in [9.17, 15) is 4.79 Å². The number of carbonyl (C=O) groups excluding carboxylic acids is 1. The summed E-state index contributed by atoms with van der Waals surface area (Å²) in [5.41, 5.74) is 1.43. The predicted octanol–water partition coefficient (Wildman–Crippen LogP) is 3.27. The summed E-state index contributed by atoms with van der Waals surface area (Å²) in [4.78, 5) is 16.4. The molecule has 1 aromatic carbocycles. The molecule has 1 aromatic heterocycles. The molecule has 0 aliphatic heterocycles. The number of aryl methyl sites for hydroxylation is 1. The first-order valence-electron chi connectivity index (χ1n) is 6.85. The number of benzene rings is 1. The molecule has 0 aliphatic rings. The van der Waals surface area contributed by atoms with Crippen LogP contribution in [0.25, 0.3) is 0 Å². The Balaban J connectivity index is 2.33. The van der Waals surface area contributed by atoms with Crippen LogP contribution >= 0.6 is 11.6 Å². The normalized spacial score (nSPS) is 12.0. The van der Waals surface area contributed by atoms with E-state index in [1.54, 1.807) is 25.5 Å². The molecule has 1 unspecified atom stereocenters. The molecule has 5 nitrogen and oxygen atoms in total. The summed E-state index contributed by atoms with van der Waals surface area (Å²) in [7, 11) is 0. The molecule has 0 saturated carbocycles. The molecule has 112 valence electrons. The average molecular weight is 308 g/mol. The lowest BCUT2D eigenvalue weighted by Gasteiger charge is -2.20. The molecule has 0 fully saturated rings. The van der Waals surface area contributed by atoms with Crippen molar-refractivity contribution in [2.24, 2.45) is 0 Å². The van der Waals surface area contributed by atoms with Crippen molar-refractivity contribution in [2.45, 2.75) is 26.4 Å². The number of hydrogen-bond donors (Lipinski definition) is 1. The van der Waals surface area contributed by atoms with E-state index < -0.39 is 6.04 Å². The number of imidazole rings is 1. The molecule has 0 amide bonds. The minimum absolute atomic E-state index is 0.319. The zero-order valence-electron chi connectivity index (χ0n) is 12.0. The second-order valence-corrected chi connectivity index (χ2v) is 4.82. The van der Waals surface area contributed by atoms with Crippen molar-refractivity contribution in [2.75, 3.05) is 11.9 Å². The van der Waals surface area contributed by atoms with Crippen LogP contribution in [-0.4, -0.2) is 22.1 Å². The number of esters is 1. The van der Waals surface area contributed by atoms with Crippen molar-refractivity contribution in [1.29, 1.82) is 0 Å². The minimum Gasteiger partial charge on any atom is -0.464 e. The van der Waals surface area contributed by atoms with E-state index in [1.807, 2.05) is 29.7 Å². The molecule has 0 saturated heterocycles. The van der Waals surface area contributed by atoms with E-state index in [4.69, 9.17) is 16.3 Å². The number of halogens is 1. The molecule has 21 heavy (non-hydrogen) atoms. The van der Waals surface area contributed by atoms with Crippen LogP contribution in [0.2, 0.25) is 5.02 Å². The maximum atomic E-state index is 12.3. The number of carbonyl (C=O) groups is 1. The zero-order chi connectivity index (χ0) is 15.2. The van der Waals surface area contributed by atoms with Gasteiger partial charge < -0.3 is 14.6 Å². The Bertz CT molecular complexity index is 612. The lowest BCUT2D eigenvalue weighted by atomic mass is 10.2. The summed E-state index contributed by atoms with van der Waals surface area (Å²) >= 11 is 6.15. The van der Waals surface area contributed by atoms with Crippen molar-refractivity contribution >= 4 is 23.3 Å². The number of hydrogen-bond acceptors (Lipinski definition) is 4.